The largest absolute Gasteiger partial charge is 0.444 e. The number of hydrogen-bond acceptors (Lipinski definition) is 8. The number of rotatable bonds is 5. The van der Waals surface area contributed by atoms with Crippen LogP contribution in [-0.2, 0) is 17.6 Å². The number of nitrogens with two attached hydrogens (primary N) is 1. The first kappa shape index (κ1) is 25.5. The number of nitrogen functional groups attached to an aromatic ring is 1. The molecule has 5 rings (SSSR count). The smallest absolute Gasteiger partial charge is 0.407 e. The predicted molar refractivity (Wildman–Crippen MR) is 147 cm³/mol. The second-order valence-electron chi connectivity index (χ2n) is 11.1. The molecule has 10 heteroatoms. The summed E-state index contributed by atoms with van der Waals surface area (Å²) in [4.78, 5) is 24.8. The van der Waals surface area contributed by atoms with Crippen molar-refractivity contribution < 1.29 is 13.9 Å². The van der Waals surface area contributed by atoms with E-state index in [1.54, 1.807) is 11.3 Å². The Balaban J connectivity index is 1.24. The van der Waals surface area contributed by atoms with Crippen LogP contribution < -0.4 is 21.3 Å². The van der Waals surface area contributed by atoms with Crippen molar-refractivity contribution in [1.29, 1.82) is 0 Å². The van der Waals surface area contributed by atoms with Gasteiger partial charge in [-0.25, -0.2) is 14.8 Å². The van der Waals surface area contributed by atoms with Crippen molar-refractivity contribution >= 4 is 44.2 Å². The number of nitrogens with zero attached hydrogens (tertiary/aromatic N) is 3. The summed E-state index contributed by atoms with van der Waals surface area (Å²) in [6.07, 6.45) is 2.14. The Hall–Kier alpha value is -3.14. The van der Waals surface area contributed by atoms with Gasteiger partial charge in [0, 0.05) is 41.8 Å². The average molecular weight is 527 g/mol. The molecule has 4 heterocycles. The predicted octanol–water partition coefficient (Wildman–Crippen LogP) is 4.85. The maximum absolute atomic E-state index is 13.8. The summed E-state index contributed by atoms with van der Waals surface area (Å²) in [6, 6.07) is 8.10. The van der Waals surface area contributed by atoms with E-state index >= 15 is 0 Å². The molecular formula is C27H35FN6O2S. The normalized spacial score (nSPS) is 21.6. The number of alkyl halides is 1. The SMILES string of the molecule is Cc1ccc2c(N)c(N[C@H]3CCc4nc(N5CC(CF)C(NC(=O)OC(C)(C)C)C5)ccc4C3)sc2n1. The standard InChI is InChI=1S/C27H35FN6O2S/c1-15-5-8-19-23(29)25(37-24(19)30-15)31-18-7-9-20-16(11-18)6-10-22(32-20)34-13-17(12-28)21(14-34)33-26(35)36-27(2,3)4/h5-6,8,10,17-18,21,31H,7,9,11-14,29H2,1-4H3,(H,33,35)/t17?,18-,21?/m0/s1. The van der Waals surface area contributed by atoms with Gasteiger partial charge in [-0.1, -0.05) is 17.4 Å². The first-order valence-electron chi connectivity index (χ1n) is 12.8. The van der Waals surface area contributed by atoms with Gasteiger partial charge in [0.1, 0.15) is 21.3 Å². The van der Waals surface area contributed by atoms with Gasteiger partial charge in [0.15, 0.2) is 0 Å². The molecule has 0 spiro atoms. The minimum atomic E-state index is -0.598. The number of amides is 1. The number of aryl methyl sites for hydroxylation is 2. The van der Waals surface area contributed by atoms with Crippen molar-refractivity contribution in [2.75, 3.05) is 35.7 Å². The van der Waals surface area contributed by atoms with E-state index < -0.39 is 18.4 Å². The lowest BCUT2D eigenvalue weighted by molar-refractivity contribution is 0.0494. The van der Waals surface area contributed by atoms with Crippen molar-refractivity contribution in [2.45, 2.75) is 64.6 Å². The Kier molecular flexibility index (Phi) is 6.87. The highest BCUT2D eigenvalue weighted by molar-refractivity contribution is 7.23. The number of carbonyl (C=O) groups is 1. The van der Waals surface area contributed by atoms with E-state index in [1.807, 2.05) is 45.9 Å². The molecule has 198 valence electrons. The van der Waals surface area contributed by atoms with Crippen LogP contribution in [0, 0.1) is 12.8 Å². The van der Waals surface area contributed by atoms with Crippen molar-refractivity contribution in [2.24, 2.45) is 5.92 Å². The topological polar surface area (TPSA) is 105 Å². The van der Waals surface area contributed by atoms with Gasteiger partial charge in [-0.15, -0.1) is 0 Å². The van der Waals surface area contributed by atoms with Crippen LogP contribution in [0.1, 0.15) is 44.1 Å². The molecule has 0 saturated carbocycles. The number of aromatic nitrogens is 2. The monoisotopic (exact) mass is 526 g/mol. The molecule has 4 N–H and O–H groups in total. The van der Waals surface area contributed by atoms with Gasteiger partial charge in [-0.2, -0.15) is 0 Å². The van der Waals surface area contributed by atoms with Crippen LogP contribution in [0.15, 0.2) is 24.3 Å². The number of carbonyl (C=O) groups excluding carboxylic acids is 1. The summed E-state index contributed by atoms with van der Waals surface area (Å²) in [5.41, 5.74) is 9.86. The molecule has 37 heavy (non-hydrogen) atoms. The number of halogens is 1. The van der Waals surface area contributed by atoms with Gasteiger partial charge >= 0.3 is 6.09 Å². The number of alkyl carbamates (subject to hydrolysis) is 1. The van der Waals surface area contributed by atoms with Crippen molar-refractivity contribution in [3.05, 3.63) is 41.2 Å². The molecule has 1 fully saturated rings. The second kappa shape index (κ2) is 9.96. The molecule has 2 unspecified atom stereocenters. The fourth-order valence-electron chi connectivity index (χ4n) is 5.12. The summed E-state index contributed by atoms with van der Waals surface area (Å²) >= 11 is 1.60. The molecule has 2 aliphatic rings. The van der Waals surface area contributed by atoms with E-state index in [0.717, 1.165) is 57.4 Å². The summed E-state index contributed by atoms with van der Waals surface area (Å²) in [7, 11) is 0. The number of hydrogen-bond donors (Lipinski definition) is 3. The summed E-state index contributed by atoms with van der Waals surface area (Å²) in [5.74, 6) is 0.524. The second-order valence-corrected chi connectivity index (χ2v) is 12.1. The molecule has 8 nitrogen and oxygen atoms in total. The number of nitrogens with one attached hydrogen (secondary N) is 2. The molecule has 3 atom stereocenters. The van der Waals surface area contributed by atoms with E-state index in [-0.39, 0.29) is 18.0 Å². The van der Waals surface area contributed by atoms with Crippen LogP contribution in [0.25, 0.3) is 10.2 Å². The third-order valence-corrected chi connectivity index (χ3v) is 8.03. The third-order valence-electron chi connectivity index (χ3n) is 6.98. The van der Waals surface area contributed by atoms with Crippen molar-refractivity contribution in [1.82, 2.24) is 15.3 Å². The van der Waals surface area contributed by atoms with Crippen LogP contribution in [0.3, 0.4) is 0 Å². The highest BCUT2D eigenvalue weighted by Gasteiger charge is 2.36. The third kappa shape index (κ3) is 5.58. The zero-order valence-corrected chi connectivity index (χ0v) is 22.6. The van der Waals surface area contributed by atoms with E-state index in [4.69, 9.17) is 15.5 Å². The molecule has 1 aliphatic carbocycles. The lowest BCUT2D eigenvalue weighted by Crippen LogP contribution is -2.43. The Morgan fingerprint density at radius 3 is 2.81 bits per heavy atom. The summed E-state index contributed by atoms with van der Waals surface area (Å²) < 4.78 is 19.1. The molecule has 0 aromatic carbocycles. The van der Waals surface area contributed by atoms with Gasteiger partial charge in [0.05, 0.1) is 18.4 Å². The highest BCUT2D eigenvalue weighted by atomic mass is 32.1. The number of pyridine rings is 2. The number of ether oxygens (including phenoxy) is 1. The molecular weight excluding hydrogens is 491 g/mol. The summed E-state index contributed by atoms with van der Waals surface area (Å²) in [5, 5.41) is 8.47. The van der Waals surface area contributed by atoms with Gasteiger partial charge in [0.2, 0.25) is 0 Å². The van der Waals surface area contributed by atoms with Crippen LogP contribution in [-0.4, -0.2) is 53.5 Å². The van der Waals surface area contributed by atoms with Gasteiger partial charge in [0.25, 0.3) is 0 Å². The quantitative estimate of drug-likeness (QED) is 0.436. The highest BCUT2D eigenvalue weighted by Crippen LogP contribution is 2.38. The van der Waals surface area contributed by atoms with E-state index in [0.29, 0.717) is 13.1 Å². The molecule has 1 aliphatic heterocycles. The van der Waals surface area contributed by atoms with Gasteiger partial charge in [-0.05, 0) is 70.7 Å². The first-order chi connectivity index (χ1) is 17.6. The van der Waals surface area contributed by atoms with E-state index in [2.05, 4.69) is 26.6 Å². The Labute approximate surface area is 220 Å². The van der Waals surface area contributed by atoms with Gasteiger partial charge in [-0.3, -0.25) is 4.39 Å². The maximum atomic E-state index is 13.8. The fourth-order valence-corrected chi connectivity index (χ4v) is 6.23. The Bertz CT molecular complexity index is 1310. The first-order valence-corrected chi connectivity index (χ1v) is 13.6. The van der Waals surface area contributed by atoms with Crippen LogP contribution in [0.5, 0.6) is 0 Å². The van der Waals surface area contributed by atoms with Crippen LogP contribution >= 0.6 is 11.3 Å². The van der Waals surface area contributed by atoms with E-state index in [9.17, 15) is 9.18 Å². The van der Waals surface area contributed by atoms with Gasteiger partial charge < -0.3 is 26.0 Å². The van der Waals surface area contributed by atoms with Crippen LogP contribution in [0.4, 0.5) is 25.7 Å². The van der Waals surface area contributed by atoms with E-state index in [1.165, 1.54) is 5.56 Å². The molecule has 1 amide bonds. The molecule has 0 radical (unpaired) electrons. The number of anilines is 3. The van der Waals surface area contributed by atoms with Crippen molar-refractivity contribution in [3.8, 4) is 0 Å². The fraction of sp³-hybridized carbons (Fsp3) is 0.519. The number of fused-ring (bicyclic) bond motifs is 2. The molecule has 1 saturated heterocycles. The van der Waals surface area contributed by atoms with Crippen molar-refractivity contribution in [3.63, 3.8) is 0 Å². The Morgan fingerprint density at radius 1 is 1.24 bits per heavy atom. The number of thiophene rings is 1. The molecule has 3 aromatic heterocycles. The lowest BCUT2D eigenvalue weighted by atomic mass is 9.92. The summed E-state index contributed by atoms with van der Waals surface area (Å²) in [6.45, 7) is 7.92. The lowest BCUT2D eigenvalue weighted by Gasteiger charge is -2.27. The zero-order valence-electron chi connectivity index (χ0n) is 21.8. The minimum Gasteiger partial charge on any atom is -0.444 e. The zero-order chi connectivity index (χ0) is 26.3. The maximum Gasteiger partial charge on any atom is 0.407 e. The molecule has 3 aromatic rings. The average Bonchev–Trinajstić information content (AvgIpc) is 3.37. The van der Waals surface area contributed by atoms with Crippen LogP contribution in [0.2, 0.25) is 0 Å². The Morgan fingerprint density at radius 2 is 2.05 bits per heavy atom. The molecule has 0 bridgehead atoms. The minimum absolute atomic E-state index is 0.265.